The Labute approximate surface area is 110 Å². The molecule has 2 atom stereocenters. The summed E-state index contributed by atoms with van der Waals surface area (Å²) in [6, 6.07) is 5.50. The fraction of sp³-hybridized carbons (Fsp3) is 0.625. The summed E-state index contributed by atoms with van der Waals surface area (Å²) in [6.07, 6.45) is 3.85. The van der Waals surface area contributed by atoms with Crippen molar-refractivity contribution in [3.63, 3.8) is 0 Å². The zero-order valence-corrected chi connectivity index (χ0v) is 11.9. The normalized spacial score (nSPS) is 24.2. The number of hydrogen-bond donors (Lipinski definition) is 1. The molecule has 1 aromatic rings. The molecule has 0 amide bonds. The summed E-state index contributed by atoms with van der Waals surface area (Å²) >= 11 is 0. The van der Waals surface area contributed by atoms with Gasteiger partial charge in [-0.1, -0.05) is 26.3 Å². The van der Waals surface area contributed by atoms with Crippen LogP contribution in [0.2, 0.25) is 0 Å². The first kappa shape index (κ1) is 13.5. The molecule has 2 heteroatoms. The minimum absolute atomic E-state index is 0.142. The number of nitrogens with one attached hydrogen (secondary N) is 1. The van der Waals surface area contributed by atoms with Crippen LogP contribution in [-0.2, 0) is 0 Å². The summed E-state index contributed by atoms with van der Waals surface area (Å²) in [5.74, 6) is 0.489. The van der Waals surface area contributed by atoms with Crippen molar-refractivity contribution in [2.24, 2.45) is 11.3 Å². The standard InChI is InChI=1S/C16H24FN/c1-11-10-12(17)7-8-13(11)15(18-4)14-6-5-9-16(14,2)3/h7-8,10,14-15,18H,5-6,9H2,1-4H3. The minimum atomic E-state index is -0.142. The van der Waals surface area contributed by atoms with Crippen LogP contribution < -0.4 is 5.32 Å². The van der Waals surface area contributed by atoms with Crippen molar-refractivity contribution >= 4 is 0 Å². The third kappa shape index (κ3) is 2.44. The van der Waals surface area contributed by atoms with E-state index in [2.05, 4.69) is 19.2 Å². The lowest BCUT2D eigenvalue weighted by Gasteiger charge is -2.35. The zero-order chi connectivity index (χ0) is 13.3. The predicted molar refractivity (Wildman–Crippen MR) is 74.1 cm³/mol. The molecule has 1 fully saturated rings. The van der Waals surface area contributed by atoms with Gasteiger partial charge < -0.3 is 5.32 Å². The maximum absolute atomic E-state index is 13.2. The van der Waals surface area contributed by atoms with E-state index in [1.54, 1.807) is 12.1 Å². The molecule has 18 heavy (non-hydrogen) atoms. The van der Waals surface area contributed by atoms with Crippen LogP contribution in [-0.4, -0.2) is 7.05 Å². The van der Waals surface area contributed by atoms with Gasteiger partial charge >= 0.3 is 0 Å². The molecule has 1 saturated carbocycles. The second kappa shape index (κ2) is 5.00. The van der Waals surface area contributed by atoms with E-state index >= 15 is 0 Å². The molecule has 0 bridgehead atoms. The Morgan fingerprint density at radius 3 is 2.61 bits per heavy atom. The van der Waals surface area contributed by atoms with Crippen LogP contribution in [0.4, 0.5) is 4.39 Å². The van der Waals surface area contributed by atoms with Gasteiger partial charge in [0, 0.05) is 6.04 Å². The number of hydrogen-bond acceptors (Lipinski definition) is 1. The third-order valence-corrected chi connectivity index (χ3v) is 4.62. The molecule has 0 spiro atoms. The fourth-order valence-electron chi connectivity index (χ4n) is 3.53. The molecule has 0 aromatic heterocycles. The van der Waals surface area contributed by atoms with E-state index < -0.39 is 0 Å². The maximum Gasteiger partial charge on any atom is 0.123 e. The van der Waals surface area contributed by atoms with E-state index in [1.807, 2.05) is 20.0 Å². The molecule has 0 radical (unpaired) electrons. The molecule has 1 aromatic carbocycles. The Balaban J connectivity index is 2.33. The first-order valence-electron chi connectivity index (χ1n) is 6.89. The van der Waals surface area contributed by atoms with E-state index in [1.165, 1.54) is 24.8 Å². The highest BCUT2D eigenvalue weighted by atomic mass is 19.1. The highest BCUT2D eigenvalue weighted by Gasteiger charge is 2.39. The third-order valence-electron chi connectivity index (χ3n) is 4.62. The van der Waals surface area contributed by atoms with E-state index in [0.29, 0.717) is 17.4 Å². The van der Waals surface area contributed by atoms with Crippen molar-refractivity contribution in [1.82, 2.24) is 5.32 Å². The zero-order valence-electron chi connectivity index (χ0n) is 11.9. The molecule has 1 aliphatic rings. The topological polar surface area (TPSA) is 12.0 Å². The molecule has 100 valence electrons. The first-order chi connectivity index (χ1) is 8.45. The van der Waals surface area contributed by atoms with Gasteiger partial charge in [0.1, 0.15) is 5.82 Å². The second-order valence-electron chi connectivity index (χ2n) is 6.25. The summed E-state index contributed by atoms with van der Waals surface area (Å²) in [5.41, 5.74) is 2.67. The molecule has 0 heterocycles. The van der Waals surface area contributed by atoms with Crippen molar-refractivity contribution in [3.8, 4) is 0 Å². The molecule has 2 unspecified atom stereocenters. The van der Waals surface area contributed by atoms with Crippen LogP contribution in [0.15, 0.2) is 18.2 Å². The van der Waals surface area contributed by atoms with Gasteiger partial charge in [-0.25, -0.2) is 4.39 Å². The minimum Gasteiger partial charge on any atom is -0.313 e. The Morgan fingerprint density at radius 1 is 1.39 bits per heavy atom. The SMILES string of the molecule is CNC(c1ccc(F)cc1C)C1CCCC1(C)C. The van der Waals surface area contributed by atoms with Gasteiger partial charge in [0.05, 0.1) is 0 Å². The van der Waals surface area contributed by atoms with Gasteiger partial charge in [-0.3, -0.25) is 0 Å². The van der Waals surface area contributed by atoms with Crippen LogP contribution in [0, 0.1) is 24.1 Å². The van der Waals surface area contributed by atoms with Crippen LogP contribution in [0.3, 0.4) is 0 Å². The Morgan fingerprint density at radius 2 is 2.11 bits per heavy atom. The number of benzene rings is 1. The highest BCUT2D eigenvalue weighted by Crippen LogP contribution is 2.48. The summed E-state index contributed by atoms with van der Waals surface area (Å²) in [6.45, 7) is 6.71. The summed E-state index contributed by atoms with van der Waals surface area (Å²) < 4.78 is 13.2. The van der Waals surface area contributed by atoms with Crippen molar-refractivity contribution in [2.75, 3.05) is 7.05 Å². The number of aryl methyl sites for hydroxylation is 1. The predicted octanol–water partition coefficient (Wildman–Crippen LogP) is 4.22. The molecule has 1 aliphatic carbocycles. The van der Waals surface area contributed by atoms with Gasteiger partial charge in [-0.2, -0.15) is 0 Å². The van der Waals surface area contributed by atoms with E-state index in [0.717, 1.165) is 5.56 Å². The van der Waals surface area contributed by atoms with Gasteiger partial charge in [0.2, 0.25) is 0 Å². The molecule has 1 N–H and O–H groups in total. The first-order valence-corrected chi connectivity index (χ1v) is 6.89. The quantitative estimate of drug-likeness (QED) is 0.845. The Kier molecular flexibility index (Phi) is 3.76. The number of halogens is 1. The summed E-state index contributed by atoms with van der Waals surface area (Å²) in [5, 5.41) is 3.45. The van der Waals surface area contributed by atoms with Crippen LogP contribution in [0.1, 0.15) is 50.3 Å². The Hall–Kier alpha value is -0.890. The summed E-state index contributed by atoms with van der Waals surface area (Å²) in [7, 11) is 2.02. The van der Waals surface area contributed by atoms with E-state index in [9.17, 15) is 4.39 Å². The lowest BCUT2D eigenvalue weighted by atomic mass is 9.75. The lowest BCUT2D eigenvalue weighted by molar-refractivity contribution is 0.203. The van der Waals surface area contributed by atoms with Gasteiger partial charge in [0.15, 0.2) is 0 Å². The monoisotopic (exact) mass is 249 g/mol. The Bertz CT molecular complexity index is 425. The average Bonchev–Trinajstić information content (AvgIpc) is 2.63. The molecule has 0 aliphatic heterocycles. The molecule has 2 rings (SSSR count). The van der Waals surface area contributed by atoms with E-state index in [4.69, 9.17) is 0 Å². The largest absolute Gasteiger partial charge is 0.313 e. The van der Waals surface area contributed by atoms with Crippen molar-refractivity contribution < 1.29 is 4.39 Å². The van der Waals surface area contributed by atoms with Gasteiger partial charge in [-0.15, -0.1) is 0 Å². The maximum atomic E-state index is 13.2. The van der Waals surface area contributed by atoms with Gasteiger partial charge in [0.25, 0.3) is 0 Å². The second-order valence-corrected chi connectivity index (χ2v) is 6.25. The summed E-state index contributed by atoms with van der Waals surface area (Å²) in [4.78, 5) is 0. The van der Waals surface area contributed by atoms with Gasteiger partial charge in [-0.05, 0) is 61.4 Å². The molecular weight excluding hydrogens is 225 g/mol. The number of rotatable bonds is 3. The van der Waals surface area contributed by atoms with Crippen LogP contribution in [0.5, 0.6) is 0 Å². The van der Waals surface area contributed by atoms with Crippen LogP contribution in [0.25, 0.3) is 0 Å². The van der Waals surface area contributed by atoms with Crippen molar-refractivity contribution in [2.45, 2.75) is 46.1 Å². The average molecular weight is 249 g/mol. The van der Waals surface area contributed by atoms with Crippen LogP contribution >= 0.6 is 0 Å². The van der Waals surface area contributed by atoms with E-state index in [-0.39, 0.29) is 5.82 Å². The van der Waals surface area contributed by atoms with Crippen molar-refractivity contribution in [3.05, 3.63) is 35.1 Å². The molecular formula is C16H24FN. The lowest BCUT2D eigenvalue weighted by Crippen LogP contribution is -2.32. The van der Waals surface area contributed by atoms with Crippen molar-refractivity contribution in [1.29, 1.82) is 0 Å². The molecule has 1 nitrogen and oxygen atoms in total. The fourth-order valence-corrected chi connectivity index (χ4v) is 3.53. The molecule has 0 saturated heterocycles. The highest BCUT2D eigenvalue weighted by molar-refractivity contribution is 5.30. The smallest absolute Gasteiger partial charge is 0.123 e.